The SMILES string of the molecule is COC(=O)c1c(C)cccc1COc1cccc(CN(C)C2=CC=C3C=CC=CC3N2)c1. The number of esters is 1. The van der Waals surface area contributed by atoms with Crippen molar-refractivity contribution in [2.75, 3.05) is 14.2 Å². The number of hydrogen-bond donors (Lipinski definition) is 1. The van der Waals surface area contributed by atoms with Gasteiger partial charge < -0.3 is 19.7 Å². The number of nitrogens with zero attached hydrogens (tertiary/aromatic N) is 1. The number of fused-ring (bicyclic) bond motifs is 1. The van der Waals surface area contributed by atoms with Crippen LogP contribution < -0.4 is 10.1 Å². The van der Waals surface area contributed by atoms with Crippen molar-refractivity contribution in [2.45, 2.75) is 26.1 Å². The summed E-state index contributed by atoms with van der Waals surface area (Å²) in [7, 11) is 3.47. The predicted molar refractivity (Wildman–Crippen MR) is 126 cm³/mol. The lowest BCUT2D eigenvalue weighted by Gasteiger charge is -2.31. The van der Waals surface area contributed by atoms with Crippen LogP contribution in [0.2, 0.25) is 0 Å². The Morgan fingerprint density at radius 1 is 1.12 bits per heavy atom. The van der Waals surface area contributed by atoms with Crippen LogP contribution in [0.4, 0.5) is 0 Å². The first-order chi connectivity index (χ1) is 15.5. The molecule has 1 aliphatic heterocycles. The van der Waals surface area contributed by atoms with Gasteiger partial charge in [-0.05, 0) is 41.8 Å². The van der Waals surface area contributed by atoms with E-state index in [1.54, 1.807) is 0 Å². The molecule has 5 heteroatoms. The number of methoxy groups -OCH3 is 1. The first-order valence-corrected chi connectivity index (χ1v) is 10.7. The van der Waals surface area contributed by atoms with E-state index < -0.39 is 0 Å². The Bertz CT molecular complexity index is 1130. The fourth-order valence-electron chi connectivity index (χ4n) is 3.96. The van der Waals surface area contributed by atoms with Gasteiger partial charge in [0.2, 0.25) is 0 Å². The summed E-state index contributed by atoms with van der Waals surface area (Å²) in [5.74, 6) is 1.50. The van der Waals surface area contributed by atoms with Crippen molar-refractivity contribution in [3.63, 3.8) is 0 Å². The van der Waals surface area contributed by atoms with Crippen LogP contribution in [0.25, 0.3) is 0 Å². The highest BCUT2D eigenvalue weighted by molar-refractivity contribution is 5.92. The third kappa shape index (κ3) is 4.78. The lowest BCUT2D eigenvalue weighted by Crippen LogP contribution is -2.37. The number of rotatable bonds is 7. The van der Waals surface area contributed by atoms with Gasteiger partial charge >= 0.3 is 5.97 Å². The first-order valence-electron chi connectivity index (χ1n) is 10.7. The Kier molecular flexibility index (Phi) is 6.45. The van der Waals surface area contributed by atoms with Crippen molar-refractivity contribution < 1.29 is 14.3 Å². The number of dihydropyridines is 1. The molecule has 1 heterocycles. The maximum Gasteiger partial charge on any atom is 0.338 e. The largest absolute Gasteiger partial charge is 0.489 e. The minimum atomic E-state index is -0.342. The molecule has 0 bridgehead atoms. The summed E-state index contributed by atoms with van der Waals surface area (Å²) in [4.78, 5) is 14.4. The zero-order chi connectivity index (χ0) is 22.5. The zero-order valence-corrected chi connectivity index (χ0v) is 18.7. The van der Waals surface area contributed by atoms with E-state index in [1.165, 1.54) is 12.7 Å². The molecule has 2 aromatic carbocycles. The van der Waals surface area contributed by atoms with E-state index in [0.717, 1.165) is 34.8 Å². The highest BCUT2D eigenvalue weighted by atomic mass is 16.5. The Morgan fingerprint density at radius 2 is 1.97 bits per heavy atom. The third-order valence-electron chi connectivity index (χ3n) is 5.67. The highest BCUT2D eigenvalue weighted by Crippen LogP contribution is 2.22. The predicted octanol–water partition coefficient (Wildman–Crippen LogP) is 4.66. The molecule has 1 N–H and O–H groups in total. The van der Waals surface area contributed by atoms with Gasteiger partial charge in [0.25, 0.3) is 0 Å². The molecule has 0 saturated carbocycles. The van der Waals surface area contributed by atoms with Crippen molar-refractivity contribution in [1.82, 2.24) is 10.2 Å². The van der Waals surface area contributed by atoms with Gasteiger partial charge in [-0.3, -0.25) is 0 Å². The fraction of sp³-hybridized carbons (Fsp3) is 0.222. The van der Waals surface area contributed by atoms with Gasteiger partial charge in [-0.1, -0.05) is 60.7 Å². The van der Waals surface area contributed by atoms with Gasteiger partial charge in [-0.25, -0.2) is 4.79 Å². The Morgan fingerprint density at radius 3 is 2.81 bits per heavy atom. The number of carbonyl (C=O) groups excluding carboxylic acids is 1. The molecule has 4 rings (SSSR count). The number of nitrogens with one attached hydrogen (secondary N) is 1. The average Bonchev–Trinajstić information content (AvgIpc) is 2.82. The van der Waals surface area contributed by atoms with Crippen LogP contribution in [0.5, 0.6) is 5.75 Å². The van der Waals surface area contributed by atoms with E-state index >= 15 is 0 Å². The lowest BCUT2D eigenvalue weighted by molar-refractivity contribution is 0.0597. The van der Waals surface area contributed by atoms with Gasteiger partial charge in [0.1, 0.15) is 18.2 Å². The summed E-state index contributed by atoms with van der Waals surface area (Å²) in [5, 5.41) is 3.57. The number of allylic oxidation sites excluding steroid dienone is 4. The first kappa shape index (κ1) is 21.5. The van der Waals surface area contributed by atoms with Crippen molar-refractivity contribution >= 4 is 5.97 Å². The number of carbonyl (C=O) groups is 1. The summed E-state index contributed by atoms with van der Waals surface area (Å²) in [6.07, 6.45) is 12.7. The van der Waals surface area contributed by atoms with Crippen LogP contribution in [0, 0.1) is 6.92 Å². The molecule has 1 aliphatic carbocycles. The summed E-state index contributed by atoms with van der Waals surface area (Å²) in [6.45, 7) is 2.94. The van der Waals surface area contributed by atoms with Crippen LogP contribution in [-0.4, -0.2) is 31.1 Å². The molecule has 0 aromatic heterocycles. The maximum absolute atomic E-state index is 12.2. The molecule has 32 heavy (non-hydrogen) atoms. The summed E-state index contributed by atoms with van der Waals surface area (Å²) in [6, 6.07) is 14.0. The summed E-state index contributed by atoms with van der Waals surface area (Å²) < 4.78 is 11.0. The standard InChI is InChI=1S/C27H28N2O3/c1-19-8-6-11-22(26(19)27(30)31-3)18-32-23-12-7-9-20(16-23)17-29(2)25-15-14-21-10-4-5-13-24(21)28-25/h4-16,24,28H,17-18H2,1-3H3. The lowest BCUT2D eigenvalue weighted by atomic mass is 9.99. The molecule has 164 valence electrons. The van der Waals surface area contributed by atoms with Crippen molar-refractivity contribution in [1.29, 1.82) is 0 Å². The molecular weight excluding hydrogens is 400 g/mol. The number of hydrogen-bond acceptors (Lipinski definition) is 5. The maximum atomic E-state index is 12.2. The number of aryl methyl sites for hydroxylation is 1. The van der Waals surface area contributed by atoms with Crippen molar-refractivity contribution in [3.05, 3.63) is 113 Å². The molecule has 2 aliphatic rings. The van der Waals surface area contributed by atoms with E-state index in [9.17, 15) is 4.79 Å². The molecule has 0 saturated heterocycles. The fourth-order valence-corrected chi connectivity index (χ4v) is 3.96. The van der Waals surface area contributed by atoms with Gasteiger partial charge in [-0.2, -0.15) is 0 Å². The summed E-state index contributed by atoms with van der Waals surface area (Å²) in [5.41, 5.74) is 4.66. The van der Waals surface area contributed by atoms with Crippen LogP contribution in [0.15, 0.2) is 90.3 Å². The second kappa shape index (κ2) is 9.60. The third-order valence-corrected chi connectivity index (χ3v) is 5.67. The second-order valence-corrected chi connectivity index (χ2v) is 7.98. The number of benzene rings is 2. The molecule has 1 unspecified atom stereocenters. The van der Waals surface area contributed by atoms with Gasteiger partial charge in [0, 0.05) is 19.2 Å². The van der Waals surface area contributed by atoms with Crippen LogP contribution >= 0.6 is 0 Å². The van der Waals surface area contributed by atoms with Crippen molar-refractivity contribution in [3.8, 4) is 5.75 Å². The van der Waals surface area contributed by atoms with E-state index in [1.807, 2.05) is 43.3 Å². The second-order valence-electron chi connectivity index (χ2n) is 7.98. The minimum absolute atomic E-state index is 0.218. The Balaban J connectivity index is 1.43. The molecular formula is C27H28N2O3. The molecule has 1 atom stereocenters. The topological polar surface area (TPSA) is 50.8 Å². The van der Waals surface area contributed by atoms with E-state index in [2.05, 4.69) is 59.8 Å². The van der Waals surface area contributed by atoms with Crippen molar-refractivity contribution in [2.24, 2.45) is 0 Å². The monoisotopic (exact) mass is 428 g/mol. The van der Waals surface area contributed by atoms with E-state index in [-0.39, 0.29) is 12.0 Å². The van der Waals surface area contributed by atoms with Crippen LogP contribution in [-0.2, 0) is 17.9 Å². The van der Waals surface area contributed by atoms with E-state index in [4.69, 9.17) is 9.47 Å². The minimum Gasteiger partial charge on any atom is -0.489 e. The molecule has 2 aromatic rings. The molecule has 0 radical (unpaired) electrons. The average molecular weight is 429 g/mol. The van der Waals surface area contributed by atoms with Gasteiger partial charge in [0.05, 0.1) is 18.7 Å². The Labute approximate surface area is 189 Å². The van der Waals surface area contributed by atoms with Crippen LogP contribution in [0.3, 0.4) is 0 Å². The highest BCUT2D eigenvalue weighted by Gasteiger charge is 2.18. The zero-order valence-electron chi connectivity index (χ0n) is 18.7. The molecule has 5 nitrogen and oxygen atoms in total. The normalized spacial score (nSPS) is 16.4. The summed E-state index contributed by atoms with van der Waals surface area (Å²) >= 11 is 0. The molecule has 0 amide bonds. The molecule has 0 spiro atoms. The quantitative estimate of drug-likeness (QED) is 0.650. The van der Waals surface area contributed by atoms with Gasteiger partial charge in [-0.15, -0.1) is 0 Å². The van der Waals surface area contributed by atoms with E-state index in [0.29, 0.717) is 12.2 Å². The van der Waals surface area contributed by atoms with Gasteiger partial charge in [0.15, 0.2) is 0 Å². The van der Waals surface area contributed by atoms with Crippen LogP contribution in [0.1, 0.15) is 27.0 Å². The smallest absolute Gasteiger partial charge is 0.338 e. The number of ether oxygens (including phenoxy) is 2. The Hall–Kier alpha value is -3.73. The molecule has 0 fully saturated rings.